The fourth-order valence-electron chi connectivity index (χ4n) is 2.07. The predicted molar refractivity (Wildman–Crippen MR) is 63.8 cm³/mol. The van der Waals surface area contributed by atoms with E-state index in [4.69, 9.17) is 10.8 Å². The summed E-state index contributed by atoms with van der Waals surface area (Å²) in [6, 6.07) is 3.33. The Bertz CT molecular complexity index is 574. The number of carboxylic acid groups (broad SMARTS) is 1. The molecule has 1 unspecified atom stereocenters. The van der Waals surface area contributed by atoms with Gasteiger partial charge in [0.2, 0.25) is 0 Å². The Hall–Kier alpha value is -1.88. The summed E-state index contributed by atoms with van der Waals surface area (Å²) in [6.07, 6.45) is 1.77. The average Bonchev–Trinajstić information content (AvgIpc) is 2.55. The Kier molecular flexibility index (Phi) is 2.85. The van der Waals surface area contributed by atoms with Crippen molar-refractivity contribution in [3.05, 3.63) is 35.3 Å². The molecule has 0 saturated carbocycles. The number of aromatic nitrogens is 2. The first-order valence-electron chi connectivity index (χ1n) is 5.42. The zero-order valence-corrected chi connectivity index (χ0v) is 9.84. The first kappa shape index (κ1) is 11.6. The van der Waals surface area contributed by atoms with E-state index in [1.807, 2.05) is 36.6 Å². The van der Waals surface area contributed by atoms with Crippen LogP contribution in [0.5, 0.6) is 0 Å². The lowest BCUT2D eigenvalue weighted by Crippen LogP contribution is -2.17. The van der Waals surface area contributed by atoms with Crippen molar-refractivity contribution in [2.75, 3.05) is 0 Å². The Morgan fingerprint density at radius 3 is 2.94 bits per heavy atom. The van der Waals surface area contributed by atoms with Gasteiger partial charge in [0, 0.05) is 6.20 Å². The van der Waals surface area contributed by atoms with E-state index in [0.29, 0.717) is 0 Å². The molecule has 2 rings (SSSR count). The molecule has 1 atom stereocenters. The maximum absolute atomic E-state index is 10.7. The number of pyridine rings is 1. The molecule has 5 nitrogen and oxygen atoms in total. The summed E-state index contributed by atoms with van der Waals surface area (Å²) in [5.74, 6) is -0.903. The fraction of sp³-hybridized carbons (Fsp3) is 0.333. The Balaban J connectivity index is 2.57. The van der Waals surface area contributed by atoms with Gasteiger partial charge in [-0.3, -0.25) is 4.79 Å². The molecule has 0 aliphatic heterocycles. The van der Waals surface area contributed by atoms with Gasteiger partial charge in [-0.1, -0.05) is 6.07 Å². The van der Waals surface area contributed by atoms with Gasteiger partial charge in [-0.2, -0.15) is 0 Å². The number of nitrogens with two attached hydrogens (primary N) is 1. The zero-order valence-electron chi connectivity index (χ0n) is 9.84. The van der Waals surface area contributed by atoms with E-state index in [9.17, 15) is 4.79 Å². The minimum Gasteiger partial charge on any atom is -0.481 e. The van der Waals surface area contributed by atoms with Crippen molar-refractivity contribution in [3.8, 4) is 0 Å². The summed E-state index contributed by atoms with van der Waals surface area (Å²) in [5, 5.41) is 8.79. The molecule has 0 fully saturated rings. The van der Waals surface area contributed by atoms with E-state index in [0.717, 1.165) is 22.6 Å². The highest BCUT2D eigenvalue weighted by molar-refractivity contribution is 5.68. The molecule has 90 valence electrons. The first-order chi connectivity index (χ1) is 8.00. The van der Waals surface area contributed by atoms with Crippen LogP contribution in [0.4, 0.5) is 0 Å². The third-order valence-electron chi connectivity index (χ3n) is 2.81. The molecule has 3 N–H and O–H groups in total. The number of imidazole rings is 1. The van der Waals surface area contributed by atoms with Crippen LogP contribution in [0.25, 0.3) is 5.65 Å². The predicted octanol–water partition coefficient (Wildman–Crippen LogP) is 1.43. The highest BCUT2D eigenvalue weighted by Crippen LogP contribution is 2.21. The number of aryl methyl sites for hydroxylation is 2. The van der Waals surface area contributed by atoms with Crippen molar-refractivity contribution in [2.45, 2.75) is 26.3 Å². The fourth-order valence-corrected chi connectivity index (χ4v) is 2.07. The molecule has 0 aliphatic rings. The molecule has 2 heterocycles. The van der Waals surface area contributed by atoms with Crippen molar-refractivity contribution in [1.29, 1.82) is 0 Å². The number of carboxylic acids is 1. The Morgan fingerprint density at radius 2 is 2.29 bits per heavy atom. The van der Waals surface area contributed by atoms with Gasteiger partial charge < -0.3 is 15.2 Å². The number of fused-ring (bicyclic) bond motifs is 1. The summed E-state index contributed by atoms with van der Waals surface area (Å²) < 4.78 is 1.87. The topological polar surface area (TPSA) is 80.6 Å². The molecule has 0 saturated heterocycles. The van der Waals surface area contributed by atoms with E-state index in [1.54, 1.807) is 0 Å². The van der Waals surface area contributed by atoms with Crippen LogP contribution in [-0.2, 0) is 4.79 Å². The third-order valence-corrected chi connectivity index (χ3v) is 2.81. The van der Waals surface area contributed by atoms with Gasteiger partial charge in [0.05, 0.1) is 23.9 Å². The third kappa shape index (κ3) is 2.01. The molecule has 5 heteroatoms. The number of hydrogen-bond acceptors (Lipinski definition) is 3. The van der Waals surface area contributed by atoms with Gasteiger partial charge >= 0.3 is 5.97 Å². The van der Waals surface area contributed by atoms with Gasteiger partial charge in [-0.25, -0.2) is 4.98 Å². The summed E-state index contributed by atoms with van der Waals surface area (Å²) >= 11 is 0. The number of aliphatic carboxylic acids is 1. The quantitative estimate of drug-likeness (QED) is 0.840. The van der Waals surface area contributed by atoms with Crippen LogP contribution in [0, 0.1) is 13.8 Å². The second-order valence-electron chi connectivity index (χ2n) is 4.17. The molecule has 0 aliphatic carbocycles. The molecular weight excluding hydrogens is 218 g/mol. The number of rotatable bonds is 3. The SMILES string of the molecule is Cc1nc2c(C)cccn2c1C(N)CC(=O)O. The van der Waals surface area contributed by atoms with Gasteiger partial charge in [-0.05, 0) is 25.5 Å². The standard InChI is InChI=1S/C12H15N3O2/c1-7-4-3-5-15-11(8(2)14-12(7)15)9(13)6-10(16)17/h3-5,9H,6,13H2,1-2H3,(H,16,17). The van der Waals surface area contributed by atoms with Crippen LogP contribution < -0.4 is 5.73 Å². The lowest BCUT2D eigenvalue weighted by atomic mass is 10.1. The van der Waals surface area contributed by atoms with Crippen LogP contribution >= 0.6 is 0 Å². The summed E-state index contributed by atoms with van der Waals surface area (Å²) in [5.41, 5.74) is 9.35. The molecule has 0 amide bonds. The van der Waals surface area contributed by atoms with Crippen LogP contribution in [-0.4, -0.2) is 20.5 Å². The van der Waals surface area contributed by atoms with Crippen LogP contribution in [0.3, 0.4) is 0 Å². The van der Waals surface area contributed by atoms with Gasteiger partial charge in [-0.15, -0.1) is 0 Å². The minimum absolute atomic E-state index is 0.0947. The summed E-state index contributed by atoms with van der Waals surface area (Å²) in [6.45, 7) is 3.82. The number of carbonyl (C=O) groups is 1. The lowest BCUT2D eigenvalue weighted by Gasteiger charge is -2.10. The maximum Gasteiger partial charge on any atom is 0.305 e. The van der Waals surface area contributed by atoms with Crippen LogP contribution in [0.1, 0.15) is 29.4 Å². The zero-order chi connectivity index (χ0) is 12.6. The summed E-state index contributed by atoms with van der Waals surface area (Å²) in [4.78, 5) is 15.1. The number of nitrogens with zero attached hydrogens (tertiary/aromatic N) is 2. The van der Waals surface area contributed by atoms with Crippen LogP contribution in [0.2, 0.25) is 0 Å². The highest BCUT2D eigenvalue weighted by Gasteiger charge is 2.18. The normalized spacial score (nSPS) is 12.9. The first-order valence-corrected chi connectivity index (χ1v) is 5.42. The molecule has 0 bridgehead atoms. The van der Waals surface area contributed by atoms with Crippen LogP contribution in [0.15, 0.2) is 18.3 Å². The second kappa shape index (κ2) is 4.18. The van der Waals surface area contributed by atoms with Crippen molar-refractivity contribution in [2.24, 2.45) is 5.73 Å². The molecule has 0 radical (unpaired) electrons. The van der Waals surface area contributed by atoms with Gasteiger partial charge in [0.1, 0.15) is 5.65 Å². The molecule has 2 aromatic rings. The maximum atomic E-state index is 10.7. The number of hydrogen-bond donors (Lipinski definition) is 2. The van der Waals surface area contributed by atoms with Crippen molar-refractivity contribution >= 4 is 11.6 Å². The largest absolute Gasteiger partial charge is 0.481 e. The van der Waals surface area contributed by atoms with Crippen molar-refractivity contribution in [3.63, 3.8) is 0 Å². The molecule has 2 aromatic heterocycles. The van der Waals surface area contributed by atoms with Crippen molar-refractivity contribution < 1.29 is 9.90 Å². The summed E-state index contributed by atoms with van der Waals surface area (Å²) in [7, 11) is 0. The van der Waals surface area contributed by atoms with Gasteiger partial charge in [0.25, 0.3) is 0 Å². The van der Waals surface area contributed by atoms with E-state index >= 15 is 0 Å². The van der Waals surface area contributed by atoms with Crippen molar-refractivity contribution in [1.82, 2.24) is 9.38 Å². The lowest BCUT2D eigenvalue weighted by molar-refractivity contribution is -0.137. The van der Waals surface area contributed by atoms with E-state index in [2.05, 4.69) is 4.98 Å². The Morgan fingerprint density at radius 1 is 1.59 bits per heavy atom. The van der Waals surface area contributed by atoms with E-state index < -0.39 is 12.0 Å². The highest BCUT2D eigenvalue weighted by atomic mass is 16.4. The molecular formula is C12H15N3O2. The Labute approximate surface area is 98.9 Å². The average molecular weight is 233 g/mol. The second-order valence-corrected chi connectivity index (χ2v) is 4.17. The smallest absolute Gasteiger partial charge is 0.305 e. The molecule has 0 aromatic carbocycles. The monoisotopic (exact) mass is 233 g/mol. The van der Waals surface area contributed by atoms with E-state index in [1.165, 1.54) is 0 Å². The van der Waals surface area contributed by atoms with E-state index in [-0.39, 0.29) is 6.42 Å². The minimum atomic E-state index is -0.903. The molecule has 17 heavy (non-hydrogen) atoms. The van der Waals surface area contributed by atoms with Gasteiger partial charge in [0.15, 0.2) is 0 Å². The molecule has 0 spiro atoms.